The van der Waals surface area contributed by atoms with Gasteiger partial charge < -0.3 is 15.3 Å². The third-order valence-electron chi connectivity index (χ3n) is 3.98. The number of furan rings is 1. The molecule has 5 heteroatoms. The Morgan fingerprint density at radius 2 is 2.10 bits per heavy atom. The summed E-state index contributed by atoms with van der Waals surface area (Å²) in [5.74, 6) is 1.90. The summed E-state index contributed by atoms with van der Waals surface area (Å²) in [5.41, 5.74) is 6.20. The molecule has 1 aromatic rings. The summed E-state index contributed by atoms with van der Waals surface area (Å²) in [7, 11) is 0. The Balaban J connectivity index is 2.06. The molecule has 1 fully saturated rings. The fourth-order valence-corrected chi connectivity index (χ4v) is 3.02. The second kappa shape index (κ2) is 7.22. The first kappa shape index (κ1) is 15.5. The van der Waals surface area contributed by atoms with E-state index >= 15 is 0 Å². The summed E-state index contributed by atoms with van der Waals surface area (Å²) in [6.07, 6.45) is 1.10. The van der Waals surface area contributed by atoms with Crippen molar-refractivity contribution in [3.63, 3.8) is 0 Å². The zero-order valence-electron chi connectivity index (χ0n) is 12.6. The third kappa shape index (κ3) is 3.82. The highest BCUT2D eigenvalue weighted by atomic mass is 16.3. The molecule has 1 aromatic heterocycles. The van der Waals surface area contributed by atoms with Crippen LogP contribution < -0.4 is 5.73 Å². The average molecular weight is 281 g/mol. The molecule has 20 heavy (non-hydrogen) atoms. The fraction of sp³-hybridized carbons (Fsp3) is 0.733. The zero-order chi connectivity index (χ0) is 14.5. The van der Waals surface area contributed by atoms with Crippen LogP contribution in [0.15, 0.2) is 16.5 Å². The molecule has 0 bridgehead atoms. The molecule has 1 saturated heterocycles. The number of β-amino-alcohol motifs (C(OH)–C–C–N with tert-alkyl or cyclic N) is 1. The number of aliphatic hydroxyl groups is 1. The maximum atomic E-state index is 9.06. The van der Waals surface area contributed by atoms with Gasteiger partial charge in [0.1, 0.15) is 11.5 Å². The highest BCUT2D eigenvalue weighted by Crippen LogP contribution is 2.26. The molecule has 2 atom stereocenters. The molecule has 0 radical (unpaired) electrons. The Morgan fingerprint density at radius 1 is 1.30 bits per heavy atom. The van der Waals surface area contributed by atoms with E-state index in [0.717, 1.165) is 50.7 Å². The van der Waals surface area contributed by atoms with Gasteiger partial charge in [-0.2, -0.15) is 0 Å². The SMILES string of the molecule is Cc1ccc(C(C(C)N)N2CCCN(CCO)CC2)o1. The van der Waals surface area contributed by atoms with Crippen LogP contribution in [0.5, 0.6) is 0 Å². The van der Waals surface area contributed by atoms with E-state index in [9.17, 15) is 0 Å². The predicted octanol–water partition coefficient (Wildman–Crippen LogP) is 0.976. The number of nitrogens with two attached hydrogens (primary N) is 1. The lowest BCUT2D eigenvalue weighted by Crippen LogP contribution is -2.41. The first-order valence-electron chi connectivity index (χ1n) is 7.51. The van der Waals surface area contributed by atoms with Crippen LogP contribution in [0.2, 0.25) is 0 Å². The van der Waals surface area contributed by atoms with Crippen LogP contribution in [0.1, 0.15) is 30.9 Å². The quantitative estimate of drug-likeness (QED) is 0.842. The van der Waals surface area contributed by atoms with E-state index in [0.29, 0.717) is 0 Å². The molecule has 0 aliphatic carbocycles. The average Bonchev–Trinajstić information content (AvgIpc) is 2.68. The van der Waals surface area contributed by atoms with Gasteiger partial charge in [0.2, 0.25) is 0 Å². The Labute approximate surface area is 121 Å². The lowest BCUT2D eigenvalue weighted by atomic mass is 10.1. The van der Waals surface area contributed by atoms with Gasteiger partial charge in [0.05, 0.1) is 12.6 Å². The summed E-state index contributed by atoms with van der Waals surface area (Å²) >= 11 is 0. The smallest absolute Gasteiger partial charge is 0.122 e. The van der Waals surface area contributed by atoms with Gasteiger partial charge in [-0.15, -0.1) is 0 Å². The molecular weight excluding hydrogens is 254 g/mol. The van der Waals surface area contributed by atoms with Crippen LogP contribution in [0, 0.1) is 6.92 Å². The van der Waals surface area contributed by atoms with Gasteiger partial charge in [-0.1, -0.05) is 0 Å². The summed E-state index contributed by atoms with van der Waals surface area (Å²) in [5, 5.41) is 9.06. The van der Waals surface area contributed by atoms with E-state index in [4.69, 9.17) is 15.3 Å². The first-order chi connectivity index (χ1) is 9.61. The number of rotatable bonds is 5. The van der Waals surface area contributed by atoms with Gasteiger partial charge >= 0.3 is 0 Å². The molecule has 0 saturated carbocycles. The normalized spacial score (nSPS) is 21.6. The number of aliphatic hydroxyl groups excluding tert-OH is 1. The molecular formula is C15H27N3O2. The predicted molar refractivity (Wildman–Crippen MR) is 79.6 cm³/mol. The molecule has 0 spiro atoms. The standard InChI is InChI=1S/C15H27N3O2/c1-12-4-5-14(20-12)15(13(2)16)18-7-3-6-17(8-9-18)10-11-19/h4-5,13,15,19H,3,6-11,16H2,1-2H3. The Morgan fingerprint density at radius 3 is 2.70 bits per heavy atom. The lowest BCUT2D eigenvalue weighted by molar-refractivity contribution is 0.152. The maximum Gasteiger partial charge on any atom is 0.122 e. The van der Waals surface area contributed by atoms with Gasteiger partial charge in [-0.3, -0.25) is 9.80 Å². The van der Waals surface area contributed by atoms with Crippen molar-refractivity contribution in [3.05, 3.63) is 23.7 Å². The molecule has 1 aliphatic rings. The summed E-state index contributed by atoms with van der Waals surface area (Å²) in [6.45, 7) is 9.00. The Bertz CT molecular complexity index is 406. The maximum absolute atomic E-state index is 9.06. The minimum atomic E-state index is 0.0324. The third-order valence-corrected chi connectivity index (χ3v) is 3.98. The van der Waals surface area contributed by atoms with Crippen molar-refractivity contribution in [2.75, 3.05) is 39.3 Å². The van der Waals surface area contributed by atoms with Crippen molar-refractivity contribution in [1.82, 2.24) is 9.80 Å². The molecule has 2 rings (SSSR count). The fourth-order valence-electron chi connectivity index (χ4n) is 3.02. The van der Waals surface area contributed by atoms with E-state index in [-0.39, 0.29) is 18.7 Å². The van der Waals surface area contributed by atoms with Crippen molar-refractivity contribution in [2.45, 2.75) is 32.4 Å². The molecule has 0 aromatic carbocycles. The summed E-state index contributed by atoms with van der Waals surface area (Å²) in [6, 6.07) is 4.21. The van der Waals surface area contributed by atoms with Crippen LogP contribution in [0.4, 0.5) is 0 Å². The highest BCUT2D eigenvalue weighted by Gasteiger charge is 2.28. The van der Waals surface area contributed by atoms with Crippen molar-refractivity contribution >= 4 is 0 Å². The number of hydrogen-bond donors (Lipinski definition) is 2. The molecule has 2 unspecified atom stereocenters. The van der Waals surface area contributed by atoms with E-state index in [1.807, 2.05) is 26.0 Å². The number of aryl methyl sites for hydroxylation is 1. The lowest BCUT2D eigenvalue weighted by Gasteiger charge is -2.32. The van der Waals surface area contributed by atoms with Crippen LogP contribution >= 0.6 is 0 Å². The monoisotopic (exact) mass is 281 g/mol. The molecule has 114 valence electrons. The van der Waals surface area contributed by atoms with E-state index in [1.165, 1.54) is 0 Å². The molecule has 0 amide bonds. The van der Waals surface area contributed by atoms with Gasteiger partial charge in [0.15, 0.2) is 0 Å². The summed E-state index contributed by atoms with van der Waals surface area (Å²) in [4.78, 5) is 4.73. The van der Waals surface area contributed by atoms with E-state index in [2.05, 4.69) is 9.80 Å². The van der Waals surface area contributed by atoms with Crippen LogP contribution in [-0.4, -0.2) is 60.3 Å². The minimum absolute atomic E-state index is 0.0324. The molecule has 5 nitrogen and oxygen atoms in total. The zero-order valence-corrected chi connectivity index (χ0v) is 12.6. The largest absolute Gasteiger partial charge is 0.465 e. The highest BCUT2D eigenvalue weighted by molar-refractivity contribution is 5.12. The van der Waals surface area contributed by atoms with Crippen molar-refractivity contribution in [3.8, 4) is 0 Å². The van der Waals surface area contributed by atoms with Crippen molar-refractivity contribution < 1.29 is 9.52 Å². The molecule has 3 N–H and O–H groups in total. The topological polar surface area (TPSA) is 65.9 Å². The number of nitrogens with zero attached hydrogens (tertiary/aromatic N) is 2. The van der Waals surface area contributed by atoms with Crippen molar-refractivity contribution in [1.29, 1.82) is 0 Å². The van der Waals surface area contributed by atoms with Gasteiger partial charge in [0, 0.05) is 32.2 Å². The van der Waals surface area contributed by atoms with E-state index in [1.54, 1.807) is 0 Å². The van der Waals surface area contributed by atoms with Gasteiger partial charge in [0.25, 0.3) is 0 Å². The summed E-state index contributed by atoms with van der Waals surface area (Å²) < 4.78 is 5.80. The first-order valence-corrected chi connectivity index (χ1v) is 7.51. The van der Waals surface area contributed by atoms with Crippen molar-refractivity contribution in [2.24, 2.45) is 5.73 Å². The van der Waals surface area contributed by atoms with Crippen LogP contribution in [-0.2, 0) is 0 Å². The number of hydrogen-bond acceptors (Lipinski definition) is 5. The van der Waals surface area contributed by atoms with Gasteiger partial charge in [-0.25, -0.2) is 0 Å². The van der Waals surface area contributed by atoms with Crippen LogP contribution in [0.3, 0.4) is 0 Å². The Hall–Kier alpha value is -0.880. The van der Waals surface area contributed by atoms with Crippen LogP contribution in [0.25, 0.3) is 0 Å². The second-order valence-corrected chi connectivity index (χ2v) is 5.71. The van der Waals surface area contributed by atoms with E-state index < -0.39 is 0 Å². The minimum Gasteiger partial charge on any atom is -0.465 e. The van der Waals surface area contributed by atoms with Gasteiger partial charge in [-0.05, 0) is 38.9 Å². The Kier molecular flexibility index (Phi) is 5.60. The molecule has 2 heterocycles. The molecule has 1 aliphatic heterocycles. The second-order valence-electron chi connectivity index (χ2n) is 5.71.